The SMILES string of the molecule is CC(C(=O)[O-])N(CC(=O)[O-])c1ccc(NS(=O)(=O)c2cccc(-n3nnnc3[S-])c2)cc1.[Na+].[Na+].[Na+]. The first-order valence-electron chi connectivity index (χ1n) is 8.94. The number of hydrogen-bond donors (Lipinski definition) is 1. The van der Waals surface area contributed by atoms with Gasteiger partial charge in [-0.3, -0.25) is 4.72 Å². The van der Waals surface area contributed by atoms with Gasteiger partial charge < -0.3 is 37.3 Å². The maximum Gasteiger partial charge on any atom is 1.00 e. The van der Waals surface area contributed by atoms with Gasteiger partial charge in [0.2, 0.25) is 0 Å². The molecule has 3 aromatic rings. The van der Waals surface area contributed by atoms with E-state index in [0.29, 0.717) is 5.69 Å². The van der Waals surface area contributed by atoms with Gasteiger partial charge in [0.05, 0.1) is 35.1 Å². The number of hydrogen-bond acceptors (Lipinski definition) is 11. The number of carbonyl (C=O) groups is 2. The molecule has 0 radical (unpaired) electrons. The van der Waals surface area contributed by atoms with Crippen molar-refractivity contribution in [1.29, 1.82) is 0 Å². The third-order valence-corrected chi connectivity index (χ3v) is 6.01. The van der Waals surface area contributed by atoms with E-state index < -0.39 is 34.5 Å². The van der Waals surface area contributed by atoms with Gasteiger partial charge in [0.25, 0.3) is 10.0 Å². The quantitative estimate of drug-likeness (QED) is 0.200. The summed E-state index contributed by atoms with van der Waals surface area (Å²) in [6, 6.07) is 10.0. The molecule has 0 aliphatic heterocycles. The van der Waals surface area contributed by atoms with E-state index in [1.165, 1.54) is 54.1 Å². The Hall–Kier alpha value is -0.780. The Labute approximate surface area is 273 Å². The maximum atomic E-state index is 12.8. The smallest absolute Gasteiger partial charge is 0.738 e. The van der Waals surface area contributed by atoms with Crippen molar-refractivity contribution in [1.82, 2.24) is 20.2 Å². The molecule has 2 aromatic carbocycles. The monoisotopic (exact) mass is 544 g/mol. The topological polar surface area (TPSA) is 173 Å². The van der Waals surface area contributed by atoms with Gasteiger partial charge in [-0.1, -0.05) is 6.07 Å². The molecule has 0 bridgehead atoms. The van der Waals surface area contributed by atoms with Crippen molar-refractivity contribution < 1.29 is 117 Å². The Morgan fingerprint density at radius 1 is 1.11 bits per heavy atom. The maximum absolute atomic E-state index is 12.8. The van der Waals surface area contributed by atoms with Gasteiger partial charge in [-0.25, -0.2) is 13.1 Å². The molecule has 0 aliphatic carbocycles. The van der Waals surface area contributed by atoms with E-state index in [0.717, 1.165) is 4.90 Å². The first kappa shape index (κ1) is 34.2. The van der Waals surface area contributed by atoms with Crippen molar-refractivity contribution in [2.45, 2.75) is 23.0 Å². The second kappa shape index (κ2) is 14.8. The van der Waals surface area contributed by atoms with Crippen LogP contribution in [-0.2, 0) is 32.2 Å². The Kier molecular flexibility index (Phi) is 14.5. The molecule has 1 unspecified atom stereocenters. The molecule has 0 spiro atoms. The van der Waals surface area contributed by atoms with E-state index in [4.69, 9.17) is 12.6 Å². The van der Waals surface area contributed by atoms with Crippen LogP contribution in [0.2, 0.25) is 0 Å². The first-order chi connectivity index (χ1) is 15.1. The fraction of sp³-hybridized carbons (Fsp3) is 0.167. The number of nitrogens with one attached hydrogen (secondary N) is 1. The number of aliphatic carboxylic acids is 2. The Morgan fingerprint density at radius 3 is 2.26 bits per heavy atom. The van der Waals surface area contributed by atoms with Crippen LogP contribution in [0.5, 0.6) is 0 Å². The van der Waals surface area contributed by atoms with Crippen LogP contribution in [-0.4, -0.2) is 53.2 Å². The van der Waals surface area contributed by atoms with Crippen LogP contribution < -0.4 is 109 Å². The Bertz CT molecular complexity index is 1260. The summed E-state index contributed by atoms with van der Waals surface area (Å²) in [7, 11) is -4.01. The zero-order chi connectivity index (χ0) is 23.5. The second-order valence-electron chi connectivity index (χ2n) is 6.52. The normalized spacial score (nSPS) is 11.1. The third-order valence-electron chi connectivity index (χ3n) is 4.37. The standard InChI is InChI=1S/C18H18N6O6S2.3Na/c1-11(17(27)28)23(10-16(25)26)13-7-5-12(6-8-13)20-32(29,30)15-4-2-3-14(9-15)24-18(31)19-21-22-24;;;/h2-9,11,20H,10H2,1H3,(H,25,26)(H,27,28)(H,19,22,31);;;/q;3*+1/p-3. The molecule has 17 heteroatoms. The zero-order valence-electron chi connectivity index (χ0n) is 19.4. The van der Waals surface area contributed by atoms with Crippen molar-refractivity contribution in [3.8, 4) is 5.69 Å². The van der Waals surface area contributed by atoms with Crippen LogP contribution in [0.4, 0.5) is 11.4 Å². The average molecular weight is 544 g/mol. The van der Waals surface area contributed by atoms with E-state index in [9.17, 15) is 28.2 Å². The minimum Gasteiger partial charge on any atom is -0.738 e. The number of nitrogens with zero attached hydrogens (tertiary/aromatic N) is 5. The molecule has 0 amide bonds. The molecule has 0 saturated carbocycles. The van der Waals surface area contributed by atoms with Crippen LogP contribution in [0.15, 0.2) is 58.6 Å². The van der Waals surface area contributed by atoms with Gasteiger partial charge in [-0.15, -0.1) is 5.10 Å². The van der Waals surface area contributed by atoms with E-state index in [1.54, 1.807) is 6.07 Å². The van der Waals surface area contributed by atoms with Gasteiger partial charge in [-0.2, -0.15) is 0 Å². The van der Waals surface area contributed by atoms with Crippen molar-refractivity contribution in [3.63, 3.8) is 0 Å². The number of carbonyl (C=O) groups excluding carboxylic acids is 2. The summed E-state index contributed by atoms with van der Waals surface area (Å²) in [6.07, 6.45) is 0. The predicted molar refractivity (Wildman–Crippen MR) is 109 cm³/mol. The molecule has 12 nitrogen and oxygen atoms in total. The number of carboxylic acids is 2. The molecule has 0 fully saturated rings. The molecular weight excluding hydrogens is 529 g/mol. The molecule has 1 atom stereocenters. The number of anilines is 2. The molecule has 0 saturated heterocycles. The number of tetrazole rings is 1. The first-order valence-corrected chi connectivity index (χ1v) is 10.8. The third kappa shape index (κ3) is 8.93. The minimum absolute atomic E-state index is 0. The molecule has 168 valence electrons. The van der Waals surface area contributed by atoms with Crippen molar-refractivity contribution >= 4 is 46.0 Å². The summed E-state index contributed by atoms with van der Waals surface area (Å²) < 4.78 is 29.2. The number of carboxylic acid groups (broad SMARTS) is 2. The number of rotatable bonds is 9. The fourth-order valence-electron chi connectivity index (χ4n) is 2.78. The van der Waals surface area contributed by atoms with Gasteiger partial charge in [-0.05, 0) is 59.8 Å². The molecular formula is C18H15N6Na3O6S2. The molecule has 1 heterocycles. The Balaban J connectivity index is 0.00000385. The largest absolute Gasteiger partial charge is 1.00 e. The Morgan fingerprint density at radius 2 is 1.74 bits per heavy atom. The van der Waals surface area contributed by atoms with Gasteiger partial charge in [0.15, 0.2) is 0 Å². The summed E-state index contributed by atoms with van der Waals surface area (Å²) in [6.45, 7) is 0.579. The zero-order valence-corrected chi connectivity index (χ0v) is 27.0. The van der Waals surface area contributed by atoms with Crippen molar-refractivity contribution in [2.75, 3.05) is 16.2 Å². The molecule has 0 aliphatic rings. The summed E-state index contributed by atoms with van der Waals surface area (Å²) in [4.78, 5) is 23.1. The summed E-state index contributed by atoms with van der Waals surface area (Å²) in [5.41, 5.74) is 0.750. The minimum atomic E-state index is -4.01. The summed E-state index contributed by atoms with van der Waals surface area (Å²) in [5, 5.41) is 32.9. The van der Waals surface area contributed by atoms with Gasteiger partial charge in [0, 0.05) is 16.5 Å². The van der Waals surface area contributed by atoms with E-state index in [1.807, 2.05) is 0 Å². The van der Waals surface area contributed by atoms with Crippen molar-refractivity contribution in [2.24, 2.45) is 0 Å². The molecule has 1 aromatic heterocycles. The predicted octanol–water partition coefficient (Wildman–Crippen LogP) is -10.9. The van der Waals surface area contributed by atoms with Crippen LogP contribution in [0.1, 0.15) is 6.92 Å². The fourth-order valence-corrected chi connectivity index (χ4v) is 4.05. The molecule has 3 rings (SSSR count). The van der Waals surface area contributed by atoms with Crippen LogP contribution >= 0.6 is 0 Å². The average Bonchev–Trinajstić information content (AvgIpc) is 3.18. The van der Waals surface area contributed by atoms with Crippen LogP contribution in [0.25, 0.3) is 5.69 Å². The molecule has 35 heavy (non-hydrogen) atoms. The number of sulfonamides is 1. The van der Waals surface area contributed by atoms with Crippen LogP contribution in [0.3, 0.4) is 0 Å². The summed E-state index contributed by atoms with van der Waals surface area (Å²) in [5.74, 6) is -2.95. The van der Waals surface area contributed by atoms with Crippen molar-refractivity contribution in [3.05, 3.63) is 48.5 Å². The van der Waals surface area contributed by atoms with Gasteiger partial charge in [0.1, 0.15) is 0 Å². The van der Waals surface area contributed by atoms with E-state index in [-0.39, 0.29) is 110 Å². The second-order valence-corrected chi connectivity index (χ2v) is 8.57. The number of benzene rings is 2. The van der Waals surface area contributed by atoms with E-state index >= 15 is 0 Å². The summed E-state index contributed by atoms with van der Waals surface area (Å²) >= 11 is 4.98. The molecule has 1 N–H and O–H groups in total. The van der Waals surface area contributed by atoms with E-state index in [2.05, 4.69) is 20.2 Å². The van der Waals surface area contributed by atoms with Crippen LogP contribution in [0, 0.1) is 0 Å². The van der Waals surface area contributed by atoms with Gasteiger partial charge >= 0.3 is 88.7 Å². The number of aromatic nitrogens is 4.